The van der Waals surface area contributed by atoms with Gasteiger partial charge in [0.1, 0.15) is 11.9 Å². The lowest BCUT2D eigenvalue weighted by Gasteiger charge is -2.34. The lowest BCUT2D eigenvalue weighted by Crippen LogP contribution is -2.53. The molecule has 12 heteroatoms. The molecule has 2 aromatic carbocycles. The maximum atomic E-state index is 13.6. The molecule has 1 aliphatic rings. The lowest BCUT2D eigenvalue weighted by molar-refractivity contribution is -0.136. The largest absolute Gasteiger partial charge is 0.593 e. The molecule has 9 N–H and O–H groups in total. The third-order valence-electron chi connectivity index (χ3n) is 6.06. The molecule has 0 aliphatic carbocycles. The zero-order chi connectivity index (χ0) is 26.9. The normalized spacial score (nSPS) is 17.0. The summed E-state index contributed by atoms with van der Waals surface area (Å²) in [6.45, 7) is 0.874. The van der Waals surface area contributed by atoms with E-state index in [0.717, 1.165) is 5.56 Å². The van der Waals surface area contributed by atoms with Crippen LogP contribution >= 0.6 is 0 Å². The van der Waals surface area contributed by atoms with E-state index in [1.54, 1.807) is 53.4 Å². The van der Waals surface area contributed by atoms with Gasteiger partial charge in [-0.05, 0) is 36.6 Å². The first kappa shape index (κ1) is 28.1. The number of nitrogens with zero attached hydrogens (tertiary/aromatic N) is 1. The van der Waals surface area contributed by atoms with Gasteiger partial charge >= 0.3 is 0 Å². The van der Waals surface area contributed by atoms with Gasteiger partial charge in [0.25, 0.3) is 0 Å². The van der Waals surface area contributed by atoms with Gasteiger partial charge in [0, 0.05) is 49.8 Å². The van der Waals surface area contributed by atoms with Gasteiger partial charge in [-0.3, -0.25) is 19.8 Å². The number of nitrogens with two attached hydrogens (primary N) is 3. The van der Waals surface area contributed by atoms with Gasteiger partial charge in [-0.2, -0.15) is 0 Å². The number of hydrogen-bond acceptors (Lipinski definition) is 7. The predicted molar refractivity (Wildman–Crippen MR) is 142 cm³/mol. The molecule has 198 valence electrons. The topological polar surface area (TPSA) is 203 Å². The average molecular weight is 528 g/mol. The molecule has 2 unspecified atom stereocenters. The summed E-state index contributed by atoms with van der Waals surface area (Å²) in [6.07, 6.45) is 1.59. The SMILES string of the molecule is N=C(N)c1cccc(C[C@H](N[S+]([O-])c2cccc(NC(=O)CCN)c2)C(=O)N2CCCC(C(N)=O)C2)c1. The zero-order valence-electron chi connectivity index (χ0n) is 20.4. The third kappa shape index (κ3) is 8.02. The molecule has 0 aromatic heterocycles. The van der Waals surface area contributed by atoms with Crippen LogP contribution in [0.3, 0.4) is 0 Å². The summed E-state index contributed by atoms with van der Waals surface area (Å²) in [6, 6.07) is 12.6. The fourth-order valence-electron chi connectivity index (χ4n) is 4.15. The van der Waals surface area contributed by atoms with Crippen LogP contribution in [-0.4, -0.2) is 58.7 Å². The fourth-order valence-corrected chi connectivity index (χ4v) is 5.17. The molecule has 3 rings (SSSR count). The molecule has 1 aliphatic heterocycles. The Hall–Kier alpha value is -3.45. The van der Waals surface area contributed by atoms with E-state index >= 15 is 0 Å². The van der Waals surface area contributed by atoms with Gasteiger partial charge in [0.05, 0.1) is 17.3 Å². The Kier molecular flexibility index (Phi) is 10.0. The minimum Gasteiger partial charge on any atom is -0.593 e. The first-order valence-corrected chi connectivity index (χ1v) is 13.1. The number of hydrogen-bond donors (Lipinski definition) is 6. The number of likely N-dealkylation sites (tertiary alicyclic amines) is 1. The van der Waals surface area contributed by atoms with Gasteiger partial charge in [0.15, 0.2) is 4.90 Å². The molecule has 0 radical (unpaired) electrons. The molecule has 37 heavy (non-hydrogen) atoms. The van der Waals surface area contributed by atoms with Gasteiger partial charge in [0.2, 0.25) is 17.7 Å². The number of anilines is 1. The van der Waals surface area contributed by atoms with Gasteiger partial charge < -0.3 is 32.0 Å². The predicted octanol–water partition coefficient (Wildman–Crippen LogP) is 0.205. The van der Waals surface area contributed by atoms with Crippen LogP contribution in [0.25, 0.3) is 0 Å². The first-order valence-electron chi connectivity index (χ1n) is 12.0. The van der Waals surface area contributed by atoms with Crippen molar-refractivity contribution in [2.75, 3.05) is 25.0 Å². The van der Waals surface area contributed by atoms with Crippen molar-refractivity contribution in [1.29, 1.82) is 5.41 Å². The number of primary amides is 1. The number of carbonyl (C=O) groups is 3. The molecule has 1 heterocycles. The molecular weight excluding hydrogens is 494 g/mol. The van der Waals surface area contributed by atoms with Crippen molar-refractivity contribution < 1.29 is 18.9 Å². The summed E-state index contributed by atoms with van der Waals surface area (Å²) in [5.74, 6) is -1.55. The summed E-state index contributed by atoms with van der Waals surface area (Å²) < 4.78 is 16.2. The van der Waals surface area contributed by atoms with Crippen LogP contribution in [0.2, 0.25) is 0 Å². The highest BCUT2D eigenvalue weighted by Gasteiger charge is 2.34. The van der Waals surface area contributed by atoms with Crippen LogP contribution < -0.4 is 27.2 Å². The number of nitrogen functional groups attached to an aromatic ring is 1. The van der Waals surface area contributed by atoms with E-state index in [0.29, 0.717) is 35.5 Å². The van der Waals surface area contributed by atoms with Crippen LogP contribution in [0.4, 0.5) is 5.69 Å². The molecule has 0 spiro atoms. The van der Waals surface area contributed by atoms with E-state index in [1.807, 2.05) is 0 Å². The van der Waals surface area contributed by atoms with Crippen molar-refractivity contribution in [2.45, 2.75) is 36.6 Å². The van der Waals surface area contributed by atoms with E-state index in [4.69, 9.17) is 22.6 Å². The number of benzene rings is 2. The summed E-state index contributed by atoms with van der Waals surface area (Å²) in [7, 11) is 0. The minimum atomic E-state index is -1.80. The van der Waals surface area contributed by atoms with E-state index in [2.05, 4.69) is 10.0 Å². The van der Waals surface area contributed by atoms with Crippen LogP contribution in [0.15, 0.2) is 53.4 Å². The summed E-state index contributed by atoms with van der Waals surface area (Å²) in [5, 5.41) is 10.4. The molecule has 1 fully saturated rings. The smallest absolute Gasteiger partial charge is 0.244 e. The second kappa shape index (κ2) is 13.2. The first-order chi connectivity index (χ1) is 17.7. The van der Waals surface area contributed by atoms with E-state index in [1.165, 1.54) is 0 Å². The maximum Gasteiger partial charge on any atom is 0.244 e. The highest BCUT2D eigenvalue weighted by Crippen LogP contribution is 2.21. The van der Waals surface area contributed by atoms with Crippen molar-refractivity contribution in [3.8, 4) is 0 Å². The highest BCUT2D eigenvalue weighted by atomic mass is 32.2. The number of nitrogens with one attached hydrogen (secondary N) is 3. The molecule has 3 amide bonds. The molecule has 0 saturated carbocycles. The zero-order valence-corrected chi connectivity index (χ0v) is 21.3. The lowest BCUT2D eigenvalue weighted by atomic mass is 9.96. The van der Waals surface area contributed by atoms with E-state index in [9.17, 15) is 18.9 Å². The Bertz CT molecular complexity index is 1150. The van der Waals surface area contributed by atoms with Crippen LogP contribution in [-0.2, 0) is 32.2 Å². The molecular formula is C25H33N7O4S. The average Bonchev–Trinajstić information content (AvgIpc) is 2.88. The Balaban J connectivity index is 1.83. The monoisotopic (exact) mass is 527 g/mol. The van der Waals surface area contributed by atoms with Gasteiger partial charge in [-0.1, -0.05) is 24.3 Å². The Morgan fingerprint density at radius 3 is 2.62 bits per heavy atom. The summed E-state index contributed by atoms with van der Waals surface area (Å²) in [5.41, 5.74) is 18.2. The van der Waals surface area contributed by atoms with Crippen LogP contribution in [0, 0.1) is 11.3 Å². The van der Waals surface area contributed by atoms with E-state index < -0.39 is 29.2 Å². The third-order valence-corrected chi connectivity index (χ3v) is 7.24. The number of rotatable bonds is 11. The van der Waals surface area contributed by atoms with Gasteiger partial charge in [-0.15, -0.1) is 4.72 Å². The standard InChI is InChI=1S/C25H33N7O4S/c26-10-9-22(33)30-19-7-2-8-20(14-19)37(36)31-21(13-16-4-1-5-17(12-16)23(27)28)25(35)32-11-3-6-18(15-32)24(29)34/h1-2,4-5,7-8,12,14,18,21,31H,3,6,9-11,13,15,26H2,(H3,27,28)(H2,29,34)(H,30,33)/t18?,21-,37?/m0/s1. The van der Waals surface area contributed by atoms with Crippen molar-refractivity contribution in [1.82, 2.24) is 9.62 Å². The number of amides is 3. The maximum absolute atomic E-state index is 13.6. The molecule has 2 aromatic rings. The van der Waals surface area contributed by atoms with Gasteiger partial charge in [-0.25, -0.2) is 0 Å². The molecule has 0 bridgehead atoms. The van der Waals surface area contributed by atoms with Crippen molar-refractivity contribution in [3.63, 3.8) is 0 Å². The summed E-state index contributed by atoms with van der Waals surface area (Å²) >= 11 is -1.80. The number of amidine groups is 1. The van der Waals surface area contributed by atoms with Crippen molar-refractivity contribution >= 4 is 40.6 Å². The van der Waals surface area contributed by atoms with Crippen LogP contribution in [0.5, 0.6) is 0 Å². The quantitative estimate of drug-likeness (QED) is 0.136. The Morgan fingerprint density at radius 2 is 1.92 bits per heavy atom. The molecule has 11 nitrogen and oxygen atoms in total. The van der Waals surface area contributed by atoms with Crippen molar-refractivity contribution in [2.24, 2.45) is 23.1 Å². The fraction of sp³-hybridized carbons (Fsp3) is 0.360. The van der Waals surface area contributed by atoms with Crippen molar-refractivity contribution in [3.05, 3.63) is 59.7 Å². The number of piperidine rings is 1. The number of carbonyl (C=O) groups excluding carboxylic acids is 3. The van der Waals surface area contributed by atoms with E-state index in [-0.39, 0.29) is 43.6 Å². The second-order valence-electron chi connectivity index (χ2n) is 8.90. The van der Waals surface area contributed by atoms with Crippen LogP contribution in [0.1, 0.15) is 30.4 Å². The second-order valence-corrected chi connectivity index (χ2v) is 10.1. The highest BCUT2D eigenvalue weighted by molar-refractivity contribution is 7.89. The molecule has 1 saturated heterocycles. The molecule has 3 atom stereocenters. The minimum absolute atomic E-state index is 0.102. The summed E-state index contributed by atoms with van der Waals surface area (Å²) in [4.78, 5) is 39.2. The Labute approximate surface area is 219 Å². The Morgan fingerprint density at radius 1 is 1.16 bits per heavy atom.